The Kier molecular flexibility index (Phi) is 1.91. The molecule has 14 heavy (non-hydrogen) atoms. The number of hydrogen-bond donors (Lipinski definition) is 0. The molecule has 0 aromatic carbocycles. The van der Waals surface area contributed by atoms with Gasteiger partial charge in [-0.2, -0.15) is 0 Å². The number of pyridine rings is 1. The van der Waals surface area contributed by atoms with Gasteiger partial charge >= 0.3 is 0 Å². The first-order chi connectivity index (χ1) is 6.56. The molecule has 4 nitrogen and oxygen atoms in total. The minimum Gasteiger partial charge on any atom is -0.486 e. The zero-order valence-corrected chi connectivity index (χ0v) is 8.44. The van der Waals surface area contributed by atoms with Gasteiger partial charge in [0.15, 0.2) is 17.7 Å². The Morgan fingerprint density at radius 2 is 2.07 bits per heavy atom. The third-order valence-corrected chi connectivity index (χ3v) is 1.62. The highest BCUT2D eigenvalue weighted by atomic mass is 16.5. The van der Waals surface area contributed by atoms with Crippen LogP contribution in [0.3, 0.4) is 0 Å². The molecule has 0 spiro atoms. The van der Waals surface area contributed by atoms with Gasteiger partial charge in [-0.1, -0.05) is 0 Å². The van der Waals surface area contributed by atoms with E-state index in [-0.39, 0.29) is 5.60 Å². The van der Waals surface area contributed by atoms with Crippen LogP contribution in [-0.4, -0.2) is 15.6 Å². The molecule has 4 heteroatoms. The molecule has 0 aliphatic rings. The van der Waals surface area contributed by atoms with Crippen LogP contribution in [-0.2, 0) is 0 Å². The molecule has 2 aromatic heterocycles. The van der Waals surface area contributed by atoms with Crippen molar-refractivity contribution in [3.63, 3.8) is 0 Å². The van der Waals surface area contributed by atoms with Crippen LogP contribution >= 0.6 is 0 Å². The fourth-order valence-corrected chi connectivity index (χ4v) is 1.16. The number of aromatic nitrogens is 2. The second kappa shape index (κ2) is 2.97. The summed E-state index contributed by atoms with van der Waals surface area (Å²) >= 11 is 0. The first kappa shape index (κ1) is 8.99. The lowest BCUT2D eigenvalue weighted by Crippen LogP contribution is -2.23. The summed E-state index contributed by atoms with van der Waals surface area (Å²) in [5.74, 6) is 0.705. The molecule has 0 radical (unpaired) electrons. The summed E-state index contributed by atoms with van der Waals surface area (Å²) in [6, 6.07) is 1.79. The van der Waals surface area contributed by atoms with Crippen molar-refractivity contribution in [1.29, 1.82) is 0 Å². The molecule has 0 fully saturated rings. The Hall–Kier alpha value is -1.58. The highest BCUT2D eigenvalue weighted by molar-refractivity contribution is 5.75. The lowest BCUT2D eigenvalue weighted by Gasteiger charge is -2.20. The maximum Gasteiger partial charge on any atom is 0.250 e. The van der Waals surface area contributed by atoms with Gasteiger partial charge in [0, 0.05) is 12.3 Å². The Morgan fingerprint density at radius 1 is 1.29 bits per heavy atom. The molecule has 2 aromatic rings. The quantitative estimate of drug-likeness (QED) is 0.696. The number of oxazole rings is 1. The van der Waals surface area contributed by atoms with Gasteiger partial charge in [-0.25, -0.2) is 9.97 Å². The van der Waals surface area contributed by atoms with Gasteiger partial charge in [0.25, 0.3) is 5.71 Å². The van der Waals surface area contributed by atoms with E-state index in [1.54, 1.807) is 12.3 Å². The standard InChI is InChI=1S/C10H12N2O2/c1-10(2,3)14-7-4-5-11-9-8(7)12-6-13-9/h4-6H,1-3H3. The van der Waals surface area contributed by atoms with Crippen LogP contribution in [0, 0.1) is 0 Å². The summed E-state index contributed by atoms with van der Waals surface area (Å²) in [4.78, 5) is 8.07. The molecule has 0 bridgehead atoms. The highest BCUT2D eigenvalue weighted by Gasteiger charge is 2.15. The fourth-order valence-electron chi connectivity index (χ4n) is 1.16. The van der Waals surface area contributed by atoms with Gasteiger partial charge in [0.2, 0.25) is 0 Å². The molecule has 74 valence electrons. The van der Waals surface area contributed by atoms with E-state index in [1.165, 1.54) is 6.39 Å². The number of nitrogens with zero attached hydrogens (tertiary/aromatic N) is 2. The average molecular weight is 192 g/mol. The number of rotatable bonds is 1. The molecule has 0 saturated carbocycles. The topological polar surface area (TPSA) is 48.2 Å². The molecule has 0 N–H and O–H groups in total. The van der Waals surface area contributed by atoms with Crippen molar-refractivity contribution in [3.8, 4) is 5.75 Å². The van der Waals surface area contributed by atoms with E-state index in [0.29, 0.717) is 17.0 Å². The van der Waals surface area contributed by atoms with Crippen LogP contribution in [0.4, 0.5) is 0 Å². The minimum absolute atomic E-state index is 0.243. The summed E-state index contributed by atoms with van der Waals surface area (Å²) in [6.45, 7) is 5.96. The van der Waals surface area contributed by atoms with Gasteiger partial charge in [-0.3, -0.25) is 0 Å². The molecule has 2 rings (SSSR count). The first-order valence-corrected chi connectivity index (χ1v) is 4.43. The van der Waals surface area contributed by atoms with Gasteiger partial charge in [0.1, 0.15) is 5.60 Å². The van der Waals surface area contributed by atoms with Crippen molar-refractivity contribution >= 4 is 11.2 Å². The molecule has 0 saturated heterocycles. The monoisotopic (exact) mass is 192 g/mol. The summed E-state index contributed by atoms with van der Waals surface area (Å²) < 4.78 is 10.8. The summed E-state index contributed by atoms with van der Waals surface area (Å²) in [7, 11) is 0. The van der Waals surface area contributed by atoms with Crippen LogP contribution < -0.4 is 4.74 Å². The Labute approximate surface area is 81.9 Å². The maximum absolute atomic E-state index is 5.71. The van der Waals surface area contributed by atoms with Crippen molar-refractivity contribution < 1.29 is 9.15 Å². The number of fused-ring (bicyclic) bond motifs is 1. The second-order valence-electron chi connectivity index (χ2n) is 4.03. The van der Waals surface area contributed by atoms with E-state index in [9.17, 15) is 0 Å². The summed E-state index contributed by atoms with van der Waals surface area (Å²) in [5, 5.41) is 0. The van der Waals surface area contributed by atoms with Gasteiger partial charge < -0.3 is 9.15 Å². The number of ether oxygens (including phenoxy) is 1. The third-order valence-electron chi connectivity index (χ3n) is 1.62. The average Bonchev–Trinajstić information content (AvgIpc) is 2.49. The fraction of sp³-hybridized carbons (Fsp3) is 0.400. The first-order valence-electron chi connectivity index (χ1n) is 4.43. The zero-order valence-electron chi connectivity index (χ0n) is 8.44. The van der Waals surface area contributed by atoms with Crippen LogP contribution in [0.25, 0.3) is 11.2 Å². The lowest BCUT2D eigenvalue weighted by molar-refractivity contribution is 0.133. The molecule has 2 heterocycles. The molecule has 0 unspecified atom stereocenters. The van der Waals surface area contributed by atoms with Crippen molar-refractivity contribution in [3.05, 3.63) is 18.7 Å². The SMILES string of the molecule is CC(C)(C)Oc1ccnc2ocnc12. The lowest BCUT2D eigenvalue weighted by atomic mass is 10.2. The molecule has 0 amide bonds. The van der Waals surface area contributed by atoms with E-state index < -0.39 is 0 Å². The predicted molar refractivity (Wildman–Crippen MR) is 52.2 cm³/mol. The van der Waals surface area contributed by atoms with Crippen molar-refractivity contribution in [2.24, 2.45) is 0 Å². The number of hydrogen-bond acceptors (Lipinski definition) is 4. The Morgan fingerprint density at radius 3 is 2.79 bits per heavy atom. The third kappa shape index (κ3) is 1.69. The molecular formula is C10H12N2O2. The van der Waals surface area contributed by atoms with Gasteiger partial charge in [0.05, 0.1) is 0 Å². The maximum atomic E-state index is 5.71. The Bertz CT molecular complexity index is 443. The molecular weight excluding hydrogens is 180 g/mol. The summed E-state index contributed by atoms with van der Waals surface area (Å²) in [6.07, 6.45) is 3.02. The van der Waals surface area contributed by atoms with Gasteiger partial charge in [-0.05, 0) is 20.8 Å². The molecule has 0 aliphatic heterocycles. The van der Waals surface area contributed by atoms with Gasteiger partial charge in [-0.15, -0.1) is 0 Å². The minimum atomic E-state index is -0.243. The highest BCUT2D eigenvalue weighted by Crippen LogP contribution is 2.25. The van der Waals surface area contributed by atoms with Crippen molar-refractivity contribution in [2.75, 3.05) is 0 Å². The smallest absolute Gasteiger partial charge is 0.250 e. The van der Waals surface area contributed by atoms with Crippen molar-refractivity contribution in [1.82, 2.24) is 9.97 Å². The van der Waals surface area contributed by atoms with Crippen LogP contribution in [0.15, 0.2) is 23.1 Å². The normalized spacial score (nSPS) is 11.9. The van der Waals surface area contributed by atoms with E-state index in [4.69, 9.17) is 9.15 Å². The van der Waals surface area contributed by atoms with E-state index in [1.807, 2.05) is 20.8 Å². The predicted octanol–water partition coefficient (Wildman–Crippen LogP) is 2.40. The van der Waals surface area contributed by atoms with Crippen LogP contribution in [0.1, 0.15) is 20.8 Å². The zero-order chi connectivity index (χ0) is 10.2. The second-order valence-corrected chi connectivity index (χ2v) is 4.03. The molecule has 0 atom stereocenters. The molecule has 0 aliphatic carbocycles. The summed E-state index contributed by atoms with van der Waals surface area (Å²) in [5.41, 5.74) is 0.932. The van der Waals surface area contributed by atoms with Crippen molar-refractivity contribution in [2.45, 2.75) is 26.4 Å². The van der Waals surface area contributed by atoms with E-state index >= 15 is 0 Å². The van der Waals surface area contributed by atoms with E-state index in [0.717, 1.165) is 0 Å². The largest absolute Gasteiger partial charge is 0.486 e. The van der Waals surface area contributed by atoms with Crippen LogP contribution in [0.2, 0.25) is 0 Å². The van der Waals surface area contributed by atoms with E-state index in [2.05, 4.69) is 9.97 Å². The van der Waals surface area contributed by atoms with Crippen LogP contribution in [0.5, 0.6) is 5.75 Å². The Balaban J connectivity index is 2.46.